The first-order chi connectivity index (χ1) is 19.2. The van der Waals surface area contributed by atoms with Gasteiger partial charge in [0.25, 0.3) is 11.8 Å². The van der Waals surface area contributed by atoms with Gasteiger partial charge in [-0.25, -0.2) is 8.42 Å². The van der Waals surface area contributed by atoms with Gasteiger partial charge in [-0.2, -0.15) is 0 Å². The molecule has 0 spiro atoms. The summed E-state index contributed by atoms with van der Waals surface area (Å²) < 4.78 is 34.7. The predicted molar refractivity (Wildman–Crippen MR) is 162 cm³/mol. The SMILES string of the molecule is CCc1c(NC(=O)c2cc3cccc(Oc4ccnc(C(=O)NC)c4)c3n2C)cc(C(C)(C)C)cc1NS(C)(=O)=O. The molecule has 0 atom stereocenters. The number of amides is 2. The van der Waals surface area contributed by atoms with E-state index in [2.05, 4.69) is 20.3 Å². The quantitative estimate of drug-likeness (QED) is 0.264. The highest BCUT2D eigenvalue weighted by atomic mass is 32.2. The zero-order valence-electron chi connectivity index (χ0n) is 24.2. The van der Waals surface area contributed by atoms with Crippen LogP contribution in [0.5, 0.6) is 11.5 Å². The van der Waals surface area contributed by atoms with E-state index in [9.17, 15) is 18.0 Å². The molecule has 0 fully saturated rings. The van der Waals surface area contributed by atoms with Crippen LogP contribution in [0.2, 0.25) is 0 Å². The van der Waals surface area contributed by atoms with Crippen LogP contribution in [-0.2, 0) is 28.9 Å². The van der Waals surface area contributed by atoms with Crippen molar-refractivity contribution in [2.45, 2.75) is 39.5 Å². The minimum atomic E-state index is -3.54. The van der Waals surface area contributed by atoms with Crippen molar-refractivity contribution in [3.63, 3.8) is 0 Å². The predicted octanol–water partition coefficient (Wildman–Crippen LogP) is 5.21. The number of nitrogens with zero attached hydrogens (tertiary/aromatic N) is 2. The Morgan fingerprint density at radius 2 is 1.73 bits per heavy atom. The first-order valence-corrected chi connectivity index (χ1v) is 15.0. The second-order valence-electron chi connectivity index (χ2n) is 10.8. The fourth-order valence-electron chi connectivity index (χ4n) is 4.61. The molecule has 2 aromatic carbocycles. The average molecular weight is 578 g/mol. The number of rotatable bonds is 8. The molecule has 41 heavy (non-hydrogen) atoms. The second kappa shape index (κ2) is 11.2. The van der Waals surface area contributed by atoms with Gasteiger partial charge in [0.05, 0.1) is 17.5 Å². The van der Waals surface area contributed by atoms with Gasteiger partial charge in [-0.1, -0.05) is 39.8 Å². The lowest BCUT2D eigenvalue weighted by atomic mass is 9.85. The van der Waals surface area contributed by atoms with Gasteiger partial charge >= 0.3 is 0 Å². The summed E-state index contributed by atoms with van der Waals surface area (Å²) in [5.74, 6) is 0.243. The standard InChI is InChI=1S/C30H35N5O5S/c1-8-21-22(15-19(30(2,3)4)16-23(21)34-41(7,38)39)33-29(37)25-14-18-10-9-11-26(27(18)35(25)6)40-20-12-13-32-24(17-20)28(36)31-5/h9-17,34H,8H2,1-7H3,(H,31,36)(H,33,37). The van der Waals surface area contributed by atoms with Crippen molar-refractivity contribution in [2.75, 3.05) is 23.3 Å². The van der Waals surface area contributed by atoms with Gasteiger partial charge in [0.1, 0.15) is 17.1 Å². The lowest BCUT2D eigenvalue weighted by Crippen LogP contribution is -2.20. The molecule has 11 heteroatoms. The van der Waals surface area contributed by atoms with Crippen molar-refractivity contribution in [2.24, 2.45) is 7.05 Å². The molecule has 2 amide bonds. The third-order valence-electron chi connectivity index (χ3n) is 6.68. The highest BCUT2D eigenvalue weighted by Crippen LogP contribution is 2.35. The van der Waals surface area contributed by atoms with E-state index in [-0.39, 0.29) is 22.9 Å². The van der Waals surface area contributed by atoms with Crippen LogP contribution in [0.25, 0.3) is 10.9 Å². The minimum Gasteiger partial charge on any atom is -0.455 e. The van der Waals surface area contributed by atoms with Gasteiger partial charge in [-0.15, -0.1) is 0 Å². The number of sulfonamides is 1. The number of benzene rings is 2. The number of ether oxygens (including phenoxy) is 1. The Bertz CT molecular complexity index is 1750. The summed E-state index contributed by atoms with van der Waals surface area (Å²) >= 11 is 0. The van der Waals surface area contributed by atoms with E-state index < -0.39 is 10.0 Å². The molecule has 0 radical (unpaired) electrons. The van der Waals surface area contributed by atoms with E-state index >= 15 is 0 Å². The maximum atomic E-state index is 13.7. The fourth-order valence-corrected chi connectivity index (χ4v) is 5.19. The van der Waals surface area contributed by atoms with Crippen molar-refractivity contribution >= 4 is 44.1 Å². The number of aromatic nitrogens is 2. The van der Waals surface area contributed by atoms with E-state index in [0.717, 1.165) is 17.2 Å². The molecule has 4 rings (SSSR count). The van der Waals surface area contributed by atoms with Crippen LogP contribution in [0.15, 0.2) is 54.7 Å². The summed E-state index contributed by atoms with van der Waals surface area (Å²) in [7, 11) is -0.238. The molecule has 0 unspecified atom stereocenters. The van der Waals surface area contributed by atoms with Gasteiger partial charge in [0.2, 0.25) is 10.0 Å². The molecule has 0 aliphatic carbocycles. The molecule has 0 saturated heterocycles. The van der Waals surface area contributed by atoms with Crippen LogP contribution in [0, 0.1) is 0 Å². The summed E-state index contributed by atoms with van der Waals surface area (Å²) in [5, 5.41) is 6.35. The number of pyridine rings is 1. The molecule has 2 aromatic heterocycles. The fraction of sp³-hybridized carbons (Fsp3) is 0.300. The summed E-state index contributed by atoms with van der Waals surface area (Å²) in [6.07, 6.45) is 3.09. The molecule has 216 valence electrons. The summed E-state index contributed by atoms with van der Waals surface area (Å²) in [6, 6.07) is 14.2. The van der Waals surface area contributed by atoms with E-state index in [0.29, 0.717) is 46.1 Å². The normalized spacial score (nSPS) is 11.8. The van der Waals surface area contributed by atoms with E-state index in [1.54, 1.807) is 35.9 Å². The lowest BCUT2D eigenvalue weighted by Gasteiger charge is -2.24. The number of anilines is 2. The third kappa shape index (κ3) is 6.51. The van der Waals surface area contributed by atoms with Crippen molar-refractivity contribution in [1.29, 1.82) is 0 Å². The second-order valence-corrected chi connectivity index (χ2v) is 12.6. The average Bonchev–Trinajstić information content (AvgIpc) is 3.24. The molecule has 2 heterocycles. The Morgan fingerprint density at radius 1 is 1.02 bits per heavy atom. The van der Waals surface area contributed by atoms with Gasteiger partial charge in [-0.3, -0.25) is 19.3 Å². The van der Waals surface area contributed by atoms with Crippen LogP contribution in [0.1, 0.15) is 59.8 Å². The number of aryl methyl sites for hydroxylation is 1. The number of fused-ring (bicyclic) bond motifs is 1. The highest BCUT2D eigenvalue weighted by Gasteiger charge is 2.23. The largest absolute Gasteiger partial charge is 0.455 e. The topological polar surface area (TPSA) is 131 Å². The lowest BCUT2D eigenvalue weighted by molar-refractivity contribution is 0.0956. The zero-order valence-corrected chi connectivity index (χ0v) is 25.1. The van der Waals surface area contributed by atoms with E-state index in [1.807, 2.05) is 52.0 Å². The van der Waals surface area contributed by atoms with Crippen LogP contribution in [-0.4, -0.2) is 43.1 Å². The third-order valence-corrected chi connectivity index (χ3v) is 7.27. The molecule has 10 nitrogen and oxygen atoms in total. The maximum absolute atomic E-state index is 13.7. The molecule has 0 bridgehead atoms. The summed E-state index contributed by atoms with van der Waals surface area (Å²) in [6.45, 7) is 7.98. The monoisotopic (exact) mass is 577 g/mol. The molecular formula is C30H35N5O5S. The molecule has 0 aliphatic heterocycles. The van der Waals surface area contributed by atoms with Crippen molar-refractivity contribution in [3.8, 4) is 11.5 Å². The maximum Gasteiger partial charge on any atom is 0.272 e. The number of hydrogen-bond donors (Lipinski definition) is 3. The summed E-state index contributed by atoms with van der Waals surface area (Å²) in [4.78, 5) is 29.8. The van der Waals surface area contributed by atoms with Gasteiger partial charge < -0.3 is 19.9 Å². The molecule has 0 aliphatic rings. The van der Waals surface area contributed by atoms with Gasteiger partial charge in [-0.05, 0) is 53.3 Å². The highest BCUT2D eigenvalue weighted by molar-refractivity contribution is 7.92. The van der Waals surface area contributed by atoms with Crippen LogP contribution in [0.4, 0.5) is 11.4 Å². The Hall–Kier alpha value is -4.38. The Labute approximate surface area is 240 Å². The van der Waals surface area contributed by atoms with Crippen molar-refractivity contribution in [3.05, 3.63) is 77.2 Å². The number of carbonyl (C=O) groups is 2. The molecule has 0 saturated carbocycles. The Kier molecular flexibility index (Phi) is 8.12. The molecule has 3 N–H and O–H groups in total. The zero-order chi connectivity index (χ0) is 30.1. The number of hydrogen-bond acceptors (Lipinski definition) is 6. The smallest absolute Gasteiger partial charge is 0.272 e. The van der Waals surface area contributed by atoms with Crippen LogP contribution in [0.3, 0.4) is 0 Å². The molecular weight excluding hydrogens is 542 g/mol. The summed E-state index contributed by atoms with van der Waals surface area (Å²) in [5.41, 5.74) is 3.54. The number of para-hydroxylation sites is 1. The number of nitrogens with one attached hydrogen (secondary N) is 3. The number of carbonyl (C=O) groups excluding carboxylic acids is 2. The van der Waals surface area contributed by atoms with E-state index in [4.69, 9.17) is 4.74 Å². The van der Waals surface area contributed by atoms with Crippen LogP contribution < -0.4 is 20.1 Å². The van der Waals surface area contributed by atoms with Gasteiger partial charge in [0, 0.05) is 37.4 Å². The van der Waals surface area contributed by atoms with Crippen molar-refractivity contribution in [1.82, 2.24) is 14.9 Å². The van der Waals surface area contributed by atoms with Crippen LogP contribution >= 0.6 is 0 Å². The first-order valence-electron chi connectivity index (χ1n) is 13.1. The minimum absolute atomic E-state index is 0.220. The first kappa shape index (κ1) is 29.6. The van der Waals surface area contributed by atoms with E-state index in [1.165, 1.54) is 13.2 Å². The van der Waals surface area contributed by atoms with Gasteiger partial charge in [0.15, 0.2) is 5.75 Å². The van der Waals surface area contributed by atoms with Crippen molar-refractivity contribution < 1.29 is 22.7 Å². The Balaban J connectivity index is 1.74. The Morgan fingerprint density at radius 3 is 2.37 bits per heavy atom. The molecule has 4 aromatic rings.